The lowest BCUT2D eigenvalue weighted by molar-refractivity contribution is -0.127. The van der Waals surface area contributed by atoms with Crippen LogP contribution in [0.3, 0.4) is 0 Å². The van der Waals surface area contributed by atoms with E-state index in [4.69, 9.17) is 9.47 Å². The predicted molar refractivity (Wildman–Crippen MR) is 83.8 cm³/mol. The molecule has 0 saturated carbocycles. The first kappa shape index (κ1) is 16.5. The Balaban J connectivity index is 1.35. The van der Waals surface area contributed by atoms with E-state index in [2.05, 4.69) is 5.32 Å². The van der Waals surface area contributed by atoms with E-state index in [9.17, 15) is 9.59 Å². The van der Waals surface area contributed by atoms with Gasteiger partial charge >= 0.3 is 6.03 Å². The zero-order chi connectivity index (χ0) is 16.1. The first-order valence-corrected chi connectivity index (χ1v) is 8.78. The third kappa shape index (κ3) is 4.35. The van der Waals surface area contributed by atoms with Gasteiger partial charge in [-0.15, -0.1) is 0 Å². The number of urea groups is 1. The van der Waals surface area contributed by atoms with Gasteiger partial charge in [-0.25, -0.2) is 4.79 Å². The Hall–Kier alpha value is -1.34. The van der Waals surface area contributed by atoms with Gasteiger partial charge < -0.3 is 24.6 Å². The van der Waals surface area contributed by atoms with E-state index in [-0.39, 0.29) is 24.1 Å². The Morgan fingerprint density at radius 1 is 1.22 bits per heavy atom. The highest BCUT2D eigenvalue weighted by Crippen LogP contribution is 2.24. The molecule has 130 valence electrons. The van der Waals surface area contributed by atoms with Gasteiger partial charge in [-0.1, -0.05) is 0 Å². The number of hydrogen-bond acceptors (Lipinski definition) is 4. The van der Waals surface area contributed by atoms with Gasteiger partial charge in [0.1, 0.15) is 0 Å². The Morgan fingerprint density at radius 2 is 2.04 bits per heavy atom. The van der Waals surface area contributed by atoms with Gasteiger partial charge in [-0.3, -0.25) is 4.79 Å². The second-order valence-corrected chi connectivity index (χ2v) is 6.53. The van der Waals surface area contributed by atoms with E-state index in [1.807, 2.05) is 9.80 Å². The predicted octanol–water partition coefficient (Wildman–Crippen LogP) is 0.793. The molecule has 1 unspecified atom stereocenters. The number of piperidine rings is 1. The number of nitrogens with zero attached hydrogens (tertiary/aromatic N) is 2. The van der Waals surface area contributed by atoms with Crippen molar-refractivity contribution in [3.63, 3.8) is 0 Å². The monoisotopic (exact) mass is 325 g/mol. The molecule has 0 spiro atoms. The lowest BCUT2D eigenvalue weighted by atomic mass is 9.98. The molecule has 1 atom stereocenters. The largest absolute Gasteiger partial charge is 0.350 e. The van der Waals surface area contributed by atoms with Crippen molar-refractivity contribution in [1.82, 2.24) is 15.1 Å². The molecule has 0 bridgehead atoms. The number of rotatable bonds is 5. The molecule has 3 fully saturated rings. The standard InChI is InChI=1S/C16H27N3O4/c20-14-5-2-7-18(14)9-3-6-17-16(21)19-8-1-4-13(12-19)15-22-10-11-23-15/h13,15H,1-12H2,(H,17,21). The maximum absolute atomic E-state index is 12.3. The van der Waals surface area contributed by atoms with Crippen molar-refractivity contribution in [3.05, 3.63) is 0 Å². The van der Waals surface area contributed by atoms with Gasteiger partial charge in [0.05, 0.1) is 13.2 Å². The van der Waals surface area contributed by atoms with Gasteiger partial charge in [0.2, 0.25) is 5.91 Å². The number of nitrogens with one attached hydrogen (secondary N) is 1. The van der Waals surface area contributed by atoms with Crippen molar-refractivity contribution in [2.75, 3.05) is 45.9 Å². The van der Waals surface area contributed by atoms with E-state index in [0.29, 0.717) is 32.7 Å². The quantitative estimate of drug-likeness (QED) is 0.759. The number of hydrogen-bond donors (Lipinski definition) is 1. The van der Waals surface area contributed by atoms with Crippen LogP contribution < -0.4 is 5.32 Å². The van der Waals surface area contributed by atoms with Gasteiger partial charge in [0.25, 0.3) is 0 Å². The maximum atomic E-state index is 12.3. The molecule has 0 aliphatic carbocycles. The minimum absolute atomic E-state index is 0.0135. The average molecular weight is 325 g/mol. The topological polar surface area (TPSA) is 71.1 Å². The lowest BCUT2D eigenvalue weighted by Crippen LogP contribution is -2.48. The molecule has 0 radical (unpaired) electrons. The summed E-state index contributed by atoms with van der Waals surface area (Å²) in [6, 6.07) is -0.0135. The van der Waals surface area contributed by atoms with Crippen LogP contribution in [0.5, 0.6) is 0 Å². The van der Waals surface area contributed by atoms with Crippen LogP contribution in [0.4, 0.5) is 4.79 Å². The second kappa shape index (κ2) is 7.97. The first-order valence-electron chi connectivity index (χ1n) is 8.78. The van der Waals surface area contributed by atoms with Crippen molar-refractivity contribution in [2.24, 2.45) is 5.92 Å². The van der Waals surface area contributed by atoms with Crippen molar-refractivity contribution in [3.8, 4) is 0 Å². The molecule has 3 heterocycles. The Kier molecular flexibility index (Phi) is 5.72. The SMILES string of the molecule is O=C1CCCN1CCCNC(=O)N1CCCC(C2OCCO2)C1. The van der Waals surface area contributed by atoms with E-state index in [1.165, 1.54) is 0 Å². The average Bonchev–Trinajstić information content (AvgIpc) is 3.23. The number of carbonyl (C=O) groups excluding carboxylic acids is 2. The van der Waals surface area contributed by atoms with Crippen LogP contribution in [0, 0.1) is 5.92 Å². The van der Waals surface area contributed by atoms with E-state index < -0.39 is 0 Å². The molecule has 3 aliphatic heterocycles. The van der Waals surface area contributed by atoms with Gasteiger partial charge in [0.15, 0.2) is 6.29 Å². The molecule has 7 heteroatoms. The van der Waals surface area contributed by atoms with Crippen LogP contribution in [0.15, 0.2) is 0 Å². The van der Waals surface area contributed by atoms with E-state index in [1.54, 1.807) is 0 Å². The van der Waals surface area contributed by atoms with Gasteiger partial charge in [0, 0.05) is 45.1 Å². The normalized spacial score (nSPS) is 26.1. The van der Waals surface area contributed by atoms with Crippen LogP contribution in [-0.2, 0) is 14.3 Å². The van der Waals surface area contributed by atoms with Crippen LogP contribution >= 0.6 is 0 Å². The van der Waals surface area contributed by atoms with Crippen molar-refractivity contribution in [2.45, 2.75) is 38.4 Å². The minimum atomic E-state index is -0.147. The fourth-order valence-electron chi connectivity index (χ4n) is 3.58. The number of amides is 3. The summed E-state index contributed by atoms with van der Waals surface area (Å²) in [5.41, 5.74) is 0. The molecular weight excluding hydrogens is 298 g/mol. The summed E-state index contributed by atoms with van der Waals surface area (Å²) in [7, 11) is 0. The molecule has 3 amide bonds. The Morgan fingerprint density at radius 3 is 2.78 bits per heavy atom. The molecule has 3 aliphatic rings. The zero-order valence-corrected chi connectivity index (χ0v) is 13.7. The molecule has 1 N–H and O–H groups in total. The molecular formula is C16H27N3O4. The fourth-order valence-corrected chi connectivity index (χ4v) is 3.58. The number of likely N-dealkylation sites (tertiary alicyclic amines) is 2. The van der Waals surface area contributed by atoms with Crippen LogP contribution in [-0.4, -0.2) is 74.0 Å². The molecule has 3 saturated heterocycles. The summed E-state index contributed by atoms with van der Waals surface area (Å²) >= 11 is 0. The van der Waals surface area contributed by atoms with Crippen LogP contribution in [0.2, 0.25) is 0 Å². The van der Waals surface area contributed by atoms with E-state index in [0.717, 1.165) is 45.3 Å². The lowest BCUT2D eigenvalue weighted by Gasteiger charge is -2.34. The van der Waals surface area contributed by atoms with Crippen LogP contribution in [0.1, 0.15) is 32.1 Å². The minimum Gasteiger partial charge on any atom is -0.350 e. The van der Waals surface area contributed by atoms with Gasteiger partial charge in [-0.2, -0.15) is 0 Å². The third-order valence-electron chi connectivity index (χ3n) is 4.83. The highest BCUT2D eigenvalue weighted by Gasteiger charge is 2.32. The van der Waals surface area contributed by atoms with Crippen molar-refractivity contribution < 1.29 is 19.1 Å². The summed E-state index contributed by atoms with van der Waals surface area (Å²) in [5, 5.41) is 2.97. The molecule has 23 heavy (non-hydrogen) atoms. The van der Waals surface area contributed by atoms with Crippen molar-refractivity contribution >= 4 is 11.9 Å². The summed E-state index contributed by atoms with van der Waals surface area (Å²) in [4.78, 5) is 27.5. The Bertz CT molecular complexity index is 426. The molecule has 0 aromatic heterocycles. The first-order chi connectivity index (χ1) is 11.2. The number of ether oxygens (including phenoxy) is 2. The summed E-state index contributed by atoms with van der Waals surface area (Å²) < 4.78 is 11.1. The Labute approximate surface area is 137 Å². The second-order valence-electron chi connectivity index (χ2n) is 6.53. The highest BCUT2D eigenvalue weighted by molar-refractivity contribution is 5.78. The molecule has 7 nitrogen and oxygen atoms in total. The van der Waals surface area contributed by atoms with Crippen molar-refractivity contribution in [1.29, 1.82) is 0 Å². The summed E-state index contributed by atoms with van der Waals surface area (Å²) in [6.07, 6.45) is 4.34. The van der Waals surface area contributed by atoms with Crippen LogP contribution in [0.25, 0.3) is 0 Å². The molecule has 3 rings (SSSR count). The molecule has 0 aromatic rings. The summed E-state index contributed by atoms with van der Waals surface area (Å²) in [5.74, 6) is 0.519. The fraction of sp³-hybridized carbons (Fsp3) is 0.875. The summed E-state index contributed by atoms with van der Waals surface area (Å²) in [6.45, 7) is 5.01. The van der Waals surface area contributed by atoms with Gasteiger partial charge in [-0.05, 0) is 25.7 Å². The number of carbonyl (C=O) groups is 2. The van der Waals surface area contributed by atoms with E-state index >= 15 is 0 Å². The maximum Gasteiger partial charge on any atom is 0.317 e. The molecule has 0 aromatic carbocycles. The third-order valence-corrected chi connectivity index (χ3v) is 4.83. The highest BCUT2D eigenvalue weighted by atomic mass is 16.7. The zero-order valence-electron chi connectivity index (χ0n) is 13.7. The smallest absolute Gasteiger partial charge is 0.317 e.